The summed E-state index contributed by atoms with van der Waals surface area (Å²) in [6.45, 7) is 1.19. The van der Waals surface area contributed by atoms with Crippen LogP contribution in [0.4, 0.5) is 10.1 Å². The molecule has 0 fully saturated rings. The van der Waals surface area contributed by atoms with Crippen molar-refractivity contribution in [3.05, 3.63) is 29.6 Å². The summed E-state index contributed by atoms with van der Waals surface area (Å²) in [6, 6.07) is 4.34. The fourth-order valence-corrected chi connectivity index (χ4v) is 1.16. The van der Waals surface area contributed by atoms with E-state index in [1.54, 1.807) is 19.1 Å². The Balaban J connectivity index is 2.45. The number of hydrogen-bond donors (Lipinski definition) is 3. The first-order valence-corrected chi connectivity index (χ1v) is 4.97. The van der Waals surface area contributed by atoms with Crippen LogP contribution < -0.4 is 10.6 Å². The Labute approximate surface area is 97.6 Å². The van der Waals surface area contributed by atoms with E-state index in [1.165, 1.54) is 6.07 Å². The molecule has 1 amide bonds. The molecular weight excluding hydrogens is 227 g/mol. The quantitative estimate of drug-likeness (QED) is 0.709. The van der Waals surface area contributed by atoms with Gasteiger partial charge in [0, 0.05) is 5.69 Å². The molecule has 0 spiro atoms. The van der Waals surface area contributed by atoms with Crippen molar-refractivity contribution in [2.75, 3.05) is 18.4 Å². The van der Waals surface area contributed by atoms with Gasteiger partial charge < -0.3 is 10.4 Å². The molecule has 0 unspecified atom stereocenters. The van der Waals surface area contributed by atoms with Crippen LogP contribution in [-0.2, 0) is 9.59 Å². The van der Waals surface area contributed by atoms with Crippen LogP contribution in [0.1, 0.15) is 5.56 Å². The highest BCUT2D eigenvalue weighted by Crippen LogP contribution is 2.13. The van der Waals surface area contributed by atoms with E-state index in [1.807, 2.05) is 0 Å². The second kappa shape index (κ2) is 5.95. The van der Waals surface area contributed by atoms with Gasteiger partial charge in [-0.05, 0) is 24.6 Å². The minimum absolute atomic E-state index is 0.137. The number of carboxylic acid groups (broad SMARTS) is 1. The van der Waals surface area contributed by atoms with E-state index in [0.717, 1.165) is 0 Å². The zero-order valence-corrected chi connectivity index (χ0v) is 9.29. The van der Waals surface area contributed by atoms with Crippen LogP contribution in [0, 0.1) is 12.7 Å². The Bertz CT molecular complexity index is 435. The predicted octanol–water partition coefficient (Wildman–Crippen LogP) is 0.747. The average molecular weight is 240 g/mol. The average Bonchev–Trinajstić information content (AvgIpc) is 2.23. The molecule has 1 aromatic carbocycles. The Morgan fingerprint density at radius 2 is 2.06 bits per heavy atom. The van der Waals surface area contributed by atoms with Crippen LogP contribution in [0.5, 0.6) is 0 Å². The van der Waals surface area contributed by atoms with Crippen LogP contribution in [0.3, 0.4) is 0 Å². The maximum absolute atomic E-state index is 13.1. The lowest BCUT2D eigenvalue weighted by molar-refractivity contribution is -0.135. The summed E-state index contributed by atoms with van der Waals surface area (Å²) < 4.78 is 13.1. The van der Waals surface area contributed by atoms with Gasteiger partial charge in [0.2, 0.25) is 5.91 Å². The number of aliphatic carboxylic acids is 1. The first kappa shape index (κ1) is 13.1. The number of halogens is 1. The second-order valence-electron chi connectivity index (χ2n) is 3.51. The van der Waals surface area contributed by atoms with Gasteiger partial charge in [-0.25, -0.2) is 4.39 Å². The molecule has 92 valence electrons. The molecule has 0 heterocycles. The molecule has 0 atom stereocenters. The van der Waals surface area contributed by atoms with E-state index >= 15 is 0 Å². The van der Waals surface area contributed by atoms with Gasteiger partial charge in [0.25, 0.3) is 0 Å². The zero-order chi connectivity index (χ0) is 12.8. The van der Waals surface area contributed by atoms with Gasteiger partial charge in [-0.3, -0.25) is 14.9 Å². The maximum atomic E-state index is 13.1. The van der Waals surface area contributed by atoms with E-state index in [9.17, 15) is 14.0 Å². The largest absolute Gasteiger partial charge is 0.480 e. The standard InChI is InChI=1S/C11H13FN2O3/c1-7-2-3-8(4-9(7)12)14-10(15)5-13-6-11(16)17/h2-4,13H,5-6H2,1H3,(H,14,15)(H,16,17). The minimum Gasteiger partial charge on any atom is -0.480 e. The molecule has 0 aliphatic carbocycles. The summed E-state index contributed by atoms with van der Waals surface area (Å²) in [5.41, 5.74) is 0.835. The summed E-state index contributed by atoms with van der Waals surface area (Å²) in [7, 11) is 0. The van der Waals surface area contributed by atoms with Crippen molar-refractivity contribution in [1.82, 2.24) is 5.32 Å². The Morgan fingerprint density at radius 3 is 2.65 bits per heavy atom. The summed E-state index contributed by atoms with van der Waals surface area (Å²) in [4.78, 5) is 21.5. The summed E-state index contributed by atoms with van der Waals surface area (Å²) >= 11 is 0. The van der Waals surface area contributed by atoms with Crippen molar-refractivity contribution < 1.29 is 19.1 Å². The number of amides is 1. The van der Waals surface area contributed by atoms with Crippen molar-refractivity contribution in [2.45, 2.75) is 6.92 Å². The molecule has 17 heavy (non-hydrogen) atoms. The molecule has 0 aliphatic heterocycles. The molecule has 0 saturated heterocycles. The first-order chi connectivity index (χ1) is 7.99. The third-order valence-corrected chi connectivity index (χ3v) is 2.02. The van der Waals surface area contributed by atoms with E-state index in [4.69, 9.17) is 5.11 Å². The molecule has 0 aromatic heterocycles. The van der Waals surface area contributed by atoms with Crippen LogP contribution in [0.2, 0.25) is 0 Å². The first-order valence-electron chi connectivity index (χ1n) is 4.97. The molecule has 0 aliphatic rings. The summed E-state index contributed by atoms with van der Waals surface area (Å²) in [5, 5.41) is 13.2. The van der Waals surface area contributed by atoms with Crippen molar-refractivity contribution in [3.8, 4) is 0 Å². The van der Waals surface area contributed by atoms with Crippen molar-refractivity contribution in [3.63, 3.8) is 0 Å². The van der Waals surface area contributed by atoms with Crippen LogP contribution >= 0.6 is 0 Å². The fourth-order valence-electron chi connectivity index (χ4n) is 1.16. The third-order valence-electron chi connectivity index (χ3n) is 2.02. The third kappa shape index (κ3) is 4.60. The van der Waals surface area contributed by atoms with E-state index < -0.39 is 17.7 Å². The molecule has 6 heteroatoms. The van der Waals surface area contributed by atoms with Gasteiger partial charge in [0.15, 0.2) is 0 Å². The minimum atomic E-state index is -1.04. The van der Waals surface area contributed by atoms with Gasteiger partial charge in [-0.1, -0.05) is 6.07 Å². The smallest absolute Gasteiger partial charge is 0.317 e. The number of benzene rings is 1. The monoisotopic (exact) mass is 240 g/mol. The molecule has 3 N–H and O–H groups in total. The van der Waals surface area contributed by atoms with E-state index in [0.29, 0.717) is 11.3 Å². The second-order valence-corrected chi connectivity index (χ2v) is 3.51. The van der Waals surface area contributed by atoms with Gasteiger partial charge in [0.1, 0.15) is 5.82 Å². The molecule has 5 nitrogen and oxygen atoms in total. The van der Waals surface area contributed by atoms with Crippen molar-refractivity contribution in [2.24, 2.45) is 0 Å². The summed E-state index contributed by atoms with van der Waals surface area (Å²) in [6.07, 6.45) is 0. The Morgan fingerprint density at radius 1 is 1.35 bits per heavy atom. The molecule has 0 saturated carbocycles. The van der Waals surface area contributed by atoms with Crippen molar-refractivity contribution >= 4 is 17.6 Å². The lowest BCUT2D eigenvalue weighted by Gasteiger charge is -2.06. The molecule has 1 rings (SSSR count). The lowest BCUT2D eigenvalue weighted by Crippen LogP contribution is -2.31. The maximum Gasteiger partial charge on any atom is 0.317 e. The number of nitrogens with one attached hydrogen (secondary N) is 2. The normalized spacial score (nSPS) is 10.0. The number of rotatable bonds is 5. The highest BCUT2D eigenvalue weighted by atomic mass is 19.1. The summed E-state index contributed by atoms with van der Waals surface area (Å²) in [5.74, 6) is -1.87. The van der Waals surface area contributed by atoms with Crippen molar-refractivity contribution in [1.29, 1.82) is 0 Å². The fraction of sp³-hybridized carbons (Fsp3) is 0.273. The Kier molecular flexibility index (Phi) is 4.59. The Hall–Kier alpha value is -1.95. The SMILES string of the molecule is Cc1ccc(NC(=O)CNCC(=O)O)cc1F. The number of anilines is 1. The van der Waals surface area contributed by atoms with E-state index in [2.05, 4.69) is 10.6 Å². The number of carboxylic acids is 1. The predicted molar refractivity (Wildman–Crippen MR) is 60.3 cm³/mol. The lowest BCUT2D eigenvalue weighted by atomic mass is 10.2. The van der Waals surface area contributed by atoms with Gasteiger partial charge in [-0.2, -0.15) is 0 Å². The molecular formula is C11H13FN2O3. The topological polar surface area (TPSA) is 78.4 Å². The van der Waals surface area contributed by atoms with Gasteiger partial charge in [0.05, 0.1) is 13.1 Å². The van der Waals surface area contributed by atoms with Gasteiger partial charge in [-0.15, -0.1) is 0 Å². The highest BCUT2D eigenvalue weighted by Gasteiger charge is 2.05. The van der Waals surface area contributed by atoms with E-state index in [-0.39, 0.29) is 13.1 Å². The number of carbonyl (C=O) groups excluding carboxylic acids is 1. The van der Waals surface area contributed by atoms with Gasteiger partial charge >= 0.3 is 5.97 Å². The zero-order valence-electron chi connectivity index (χ0n) is 9.29. The molecule has 0 radical (unpaired) electrons. The molecule has 0 bridgehead atoms. The highest BCUT2D eigenvalue weighted by molar-refractivity contribution is 5.92. The van der Waals surface area contributed by atoms with Crippen LogP contribution in [0.15, 0.2) is 18.2 Å². The van der Waals surface area contributed by atoms with Crippen LogP contribution in [0.25, 0.3) is 0 Å². The van der Waals surface area contributed by atoms with Crippen LogP contribution in [-0.4, -0.2) is 30.1 Å². The number of carbonyl (C=O) groups is 2. The number of hydrogen-bond acceptors (Lipinski definition) is 3. The molecule has 1 aromatic rings. The number of aryl methyl sites for hydroxylation is 1.